The van der Waals surface area contributed by atoms with Gasteiger partial charge in [0.15, 0.2) is 11.8 Å². The van der Waals surface area contributed by atoms with E-state index in [1.165, 1.54) is 10.6 Å². The van der Waals surface area contributed by atoms with E-state index in [0.717, 1.165) is 18.3 Å². The Morgan fingerprint density at radius 2 is 2.11 bits per heavy atom. The summed E-state index contributed by atoms with van der Waals surface area (Å²) in [5.74, 6) is 1.36. The van der Waals surface area contributed by atoms with E-state index in [1.54, 1.807) is 12.4 Å². The van der Waals surface area contributed by atoms with Gasteiger partial charge in [-0.25, -0.2) is 13.4 Å². The smallest absolute Gasteiger partial charge is 0.220 e. The lowest BCUT2D eigenvalue weighted by molar-refractivity contribution is 0.259. The minimum atomic E-state index is -3.42. The third-order valence-corrected chi connectivity index (χ3v) is 6.08. The quantitative estimate of drug-likeness (QED) is 0.508. The zero-order valence-electron chi connectivity index (χ0n) is 15.4. The van der Waals surface area contributed by atoms with Gasteiger partial charge in [0.2, 0.25) is 10.0 Å². The molecule has 1 aliphatic heterocycles. The first-order valence-corrected chi connectivity index (χ1v) is 10.3. The second kappa shape index (κ2) is 8.48. The Bertz CT molecular complexity index is 854. The molecule has 1 aliphatic rings. The summed E-state index contributed by atoms with van der Waals surface area (Å²) >= 11 is 0. The average molecular weight is 396 g/mol. The third-order valence-electron chi connectivity index (χ3n) is 4.26. The Hall–Kier alpha value is -2.47. The molecule has 2 aromatic heterocycles. The monoisotopic (exact) mass is 396 g/mol. The van der Waals surface area contributed by atoms with Gasteiger partial charge in [0, 0.05) is 45.8 Å². The molecule has 0 bridgehead atoms. The van der Waals surface area contributed by atoms with Crippen molar-refractivity contribution >= 4 is 16.0 Å². The predicted molar refractivity (Wildman–Crippen MR) is 98.1 cm³/mol. The number of aliphatic imine (C=N–C) groups is 1. The second-order valence-corrected chi connectivity index (χ2v) is 8.13. The van der Waals surface area contributed by atoms with Crippen LogP contribution in [0.3, 0.4) is 0 Å². The molecule has 148 valence electrons. The van der Waals surface area contributed by atoms with Crippen molar-refractivity contribution in [1.82, 2.24) is 34.4 Å². The van der Waals surface area contributed by atoms with E-state index in [9.17, 15) is 8.42 Å². The lowest BCUT2D eigenvalue weighted by Gasteiger charge is -2.35. The van der Waals surface area contributed by atoms with Crippen molar-refractivity contribution in [2.75, 3.05) is 32.7 Å². The van der Waals surface area contributed by atoms with Crippen molar-refractivity contribution in [3.63, 3.8) is 0 Å². The number of aromatic nitrogens is 4. The molecule has 0 aliphatic carbocycles. The predicted octanol–water partition coefficient (Wildman–Crippen LogP) is -0.584. The van der Waals surface area contributed by atoms with Gasteiger partial charge in [0.1, 0.15) is 24.9 Å². The van der Waals surface area contributed by atoms with Gasteiger partial charge >= 0.3 is 0 Å². The summed E-state index contributed by atoms with van der Waals surface area (Å²) in [4.78, 5) is 6.66. The van der Waals surface area contributed by atoms with Crippen LogP contribution in [0.2, 0.25) is 0 Å². The molecule has 0 radical (unpaired) electrons. The highest BCUT2D eigenvalue weighted by atomic mass is 32.2. The van der Waals surface area contributed by atoms with Gasteiger partial charge in [-0.2, -0.15) is 4.31 Å². The number of nitrogens with one attached hydrogen (secondary N) is 1. The summed E-state index contributed by atoms with van der Waals surface area (Å²) in [5, 5.41) is 14.8. The Balaban J connectivity index is 1.61. The lowest BCUT2D eigenvalue weighted by atomic mass is 10.4. The molecule has 0 amide bonds. The molecule has 0 atom stereocenters. The number of guanidine groups is 1. The minimum Gasteiger partial charge on any atom is -0.364 e. The molecule has 3 rings (SSSR count). The molecule has 0 unspecified atom stereocenters. The summed E-state index contributed by atoms with van der Waals surface area (Å²) in [6, 6.07) is 1.57. The number of aryl methyl sites for hydroxylation is 1. The Morgan fingerprint density at radius 3 is 2.70 bits per heavy atom. The highest BCUT2D eigenvalue weighted by Crippen LogP contribution is 2.13. The van der Waals surface area contributed by atoms with E-state index in [4.69, 9.17) is 4.52 Å². The Labute approximate surface area is 158 Å². The maximum Gasteiger partial charge on any atom is 0.220 e. The van der Waals surface area contributed by atoms with Crippen LogP contribution < -0.4 is 5.32 Å². The van der Waals surface area contributed by atoms with Gasteiger partial charge in [0.25, 0.3) is 0 Å². The molecule has 1 saturated heterocycles. The van der Waals surface area contributed by atoms with Crippen molar-refractivity contribution in [1.29, 1.82) is 0 Å². The van der Waals surface area contributed by atoms with Crippen LogP contribution in [-0.4, -0.2) is 76.2 Å². The molecule has 12 heteroatoms. The molecule has 0 spiro atoms. The lowest BCUT2D eigenvalue weighted by Crippen LogP contribution is -2.53. The zero-order chi connectivity index (χ0) is 19.3. The Morgan fingerprint density at radius 1 is 1.33 bits per heavy atom. The van der Waals surface area contributed by atoms with E-state index in [0.29, 0.717) is 38.4 Å². The van der Waals surface area contributed by atoms with Gasteiger partial charge in [0.05, 0.1) is 5.69 Å². The first kappa shape index (κ1) is 19.3. The summed E-state index contributed by atoms with van der Waals surface area (Å²) in [6.07, 6.45) is 3.01. The number of rotatable bonds is 6. The van der Waals surface area contributed by atoms with Crippen molar-refractivity contribution in [2.24, 2.45) is 12.0 Å². The van der Waals surface area contributed by atoms with Crippen molar-refractivity contribution in [3.05, 3.63) is 30.2 Å². The van der Waals surface area contributed by atoms with Crippen LogP contribution in [0.25, 0.3) is 0 Å². The van der Waals surface area contributed by atoms with E-state index in [1.807, 2.05) is 18.5 Å². The third kappa shape index (κ3) is 4.83. The molecule has 3 heterocycles. The number of piperazine rings is 1. The summed E-state index contributed by atoms with van der Waals surface area (Å²) in [5.41, 5.74) is 0.413. The Kier molecular flexibility index (Phi) is 6.06. The van der Waals surface area contributed by atoms with E-state index >= 15 is 0 Å². The van der Waals surface area contributed by atoms with Crippen LogP contribution >= 0.6 is 0 Å². The van der Waals surface area contributed by atoms with Gasteiger partial charge in [-0.15, -0.1) is 10.2 Å². The molecule has 1 N–H and O–H groups in total. The second-order valence-electron chi connectivity index (χ2n) is 6.16. The molecule has 0 aromatic carbocycles. The molecule has 27 heavy (non-hydrogen) atoms. The molecule has 2 aromatic rings. The fourth-order valence-electron chi connectivity index (χ4n) is 2.79. The maximum absolute atomic E-state index is 12.5. The van der Waals surface area contributed by atoms with Crippen LogP contribution in [0.4, 0.5) is 0 Å². The maximum atomic E-state index is 12.5. The van der Waals surface area contributed by atoms with E-state index in [-0.39, 0.29) is 5.75 Å². The SMILES string of the molecule is CCNC(=NCc1nncn1C)N1CCN(S(=O)(=O)Cc2ccon2)CC1. The molecule has 1 fully saturated rings. The summed E-state index contributed by atoms with van der Waals surface area (Å²) in [7, 11) is -1.55. The van der Waals surface area contributed by atoms with Crippen LogP contribution in [-0.2, 0) is 29.4 Å². The molecular weight excluding hydrogens is 372 g/mol. The van der Waals surface area contributed by atoms with Crippen LogP contribution in [0.15, 0.2) is 28.2 Å². The topological polar surface area (TPSA) is 122 Å². The van der Waals surface area contributed by atoms with Crippen molar-refractivity contribution in [2.45, 2.75) is 19.2 Å². The molecular formula is C15H24N8O3S. The van der Waals surface area contributed by atoms with Gasteiger partial charge in [-0.3, -0.25) is 0 Å². The first-order valence-electron chi connectivity index (χ1n) is 8.73. The van der Waals surface area contributed by atoms with E-state index < -0.39 is 10.0 Å². The highest BCUT2D eigenvalue weighted by molar-refractivity contribution is 7.88. The van der Waals surface area contributed by atoms with Gasteiger partial charge in [-0.1, -0.05) is 5.16 Å². The number of hydrogen-bond acceptors (Lipinski definition) is 7. The normalized spacial score (nSPS) is 16.7. The van der Waals surface area contributed by atoms with Gasteiger partial charge in [-0.05, 0) is 6.92 Å². The van der Waals surface area contributed by atoms with Crippen molar-refractivity contribution in [3.8, 4) is 0 Å². The molecule has 0 saturated carbocycles. The first-order chi connectivity index (χ1) is 13.0. The zero-order valence-corrected chi connectivity index (χ0v) is 16.3. The summed E-state index contributed by atoms with van der Waals surface area (Å²) in [6.45, 7) is 5.04. The fraction of sp³-hybridized carbons (Fsp3) is 0.600. The minimum absolute atomic E-state index is 0.149. The average Bonchev–Trinajstić information content (AvgIpc) is 3.30. The van der Waals surface area contributed by atoms with E-state index in [2.05, 4.69) is 30.6 Å². The van der Waals surface area contributed by atoms with Crippen LogP contribution in [0, 0.1) is 0 Å². The summed E-state index contributed by atoms with van der Waals surface area (Å²) < 4.78 is 33.1. The van der Waals surface area contributed by atoms with Crippen molar-refractivity contribution < 1.29 is 12.9 Å². The highest BCUT2D eigenvalue weighted by Gasteiger charge is 2.29. The molecule has 11 nitrogen and oxygen atoms in total. The largest absolute Gasteiger partial charge is 0.364 e. The number of nitrogens with zero attached hydrogens (tertiary/aromatic N) is 7. The van der Waals surface area contributed by atoms with Gasteiger partial charge < -0.3 is 19.3 Å². The van der Waals surface area contributed by atoms with Crippen LogP contribution in [0.5, 0.6) is 0 Å². The van der Waals surface area contributed by atoms with Crippen LogP contribution in [0.1, 0.15) is 18.4 Å². The number of hydrogen-bond donors (Lipinski definition) is 1. The standard InChI is InChI=1S/C15H24N8O3S/c1-3-16-15(17-10-14-19-18-12-21(14)2)22-5-7-23(8-6-22)27(24,25)11-13-4-9-26-20-13/h4,9,12H,3,5-8,10-11H2,1-2H3,(H,16,17). The fourth-order valence-corrected chi connectivity index (χ4v) is 4.21. The number of sulfonamides is 1.